The number of aryl methyl sites for hydroxylation is 1. The molecule has 0 saturated heterocycles. The summed E-state index contributed by atoms with van der Waals surface area (Å²) in [6, 6.07) is 6.83. The van der Waals surface area contributed by atoms with Gasteiger partial charge in [-0.2, -0.15) is 5.10 Å². The Labute approximate surface area is 126 Å². The van der Waals surface area contributed by atoms with Crippen molar-refractivity contribution in [3.05, 3.63) is 34.9 Å². The summed E-state index contributed by atoms with van der Waals surface area (Å²) in [7, 11) is -3.73. The van der Waals surface area contributed by atoms with E-state index in [4.69, 9.17) is 5.73 Å². The number of aromatic nitrogens is 2. The summed E-state index contributed by atoms with van der Waals surface area (Å²) in [5, 5.41) is 3.99. The molecule has 6 nitrogen and oxygen atoms in total. The first-order chi connectivity index (χ1) is 9.42. The van der Waals surface area contributed by atoms with Gasteiger partial charge in [0, 0.05) is 22.9 Å². The van der Waals surface area contributed by atoms with E-state index in [2.05, 4.69) is 25.8 Å². The second kappa shape index (κ2) is 5.84. The predicted octanol–water partition coefficient (Wildman–Crippen LogP) is 2.44. The maximum atomic E-state index is 12.3. The van der Waals surface area contributed by atoms with Crippen LogP contribution in [0.15, 0.2) is 39.8 Å². The van der Waals surface area contributed by atoms with Crippen LogP contribution in [-0.4, -0.2) is 18.2 Å². The fraction of sp³-hybridized carbons (Fsp3) is 0.250. The first kappa shape index (κ1) is 14.9. The van der Waals surface area contributed by atoms with E-state index in [0.29, 0.717) is 12.2 Å². The summed E-state index contributed by atoms with van der Waals surface area (Å²) >= 11 is 3.29. The lowest BCUT2D eigenvalue weighted by Gasteiger charge is -2.06. The van der Waals surface area contributed by atoms with Gasteiger partial charge >= 0.3 is 0 Å². The topological polar surface area (TPSA) is 90.0 Å². The fourth-order valence-electron chi connectivity index (χ4n) is 1.70. The van der Waals surface area contributed by atoms with Crippen molar-refractivity contribution in [3.63, 3.8) is 0 Å². The predicted molar refractivity (Wildman–Crippen MR) is 81.9 cm³/mol. The highest BCUT2D eigenvalue weighted by Gasteiger charge is 2.21. The van der Waals surface area contributed by atoms with Crippen molar-refractivity contribution in [1.82, 2.24) is 9.78 Å². The Morgan fingerprint density at radius 3 is 2.60 bits per heavy atom. The number of hydrogen-bond donors (Lipinski definition) is 2. The van der Waals surface area contributed by atoms with Crippen LogP contribution in [0.1, 0.15) is 13.3 Å². The molecule has 2 rings (SSSR count). The zero-order chi connectivity index (χ0) is 14.8. The zero-order valence-corrected chi connectivity index (χ0v) is 13.3. The molecule has 1 aromatic heterocycles. The Bertz CT molecular complexity index is 695. The molecule has 0 unspecified atom stereocenters. The number of sulfonamides is 1. The lowest BCUT2D eigenvalue weighted by Crippen LogP contribution is -2.13. The Morgan fingerprint density at radius 1 is 1.35 bits per heavy atom. The lowest BCUT2D eigenvalue weighted by molar-refractivity contribution is 0.595. The molecule has 3 N–H and O–H groups in total. The molecule has 0 aliphatic carbocycles. The molecule has 1 aromatic carbocycles. The van der Waals surface area contributed by atoms with Crippen LogP contribution >= 0.6 is 15.9 Å². The van der Waals surface area contributed by atoms with Crippen LogP contribution in [0, 0.1) is 0 Å². The molecule has 0 saturated carbocycles. The monoisotopic (exact) mass is 358 g/mol. The number of nitrogen functional groups attached to an aromatic ring is 1. The van der Waals surface area contributed by atoms with E-state index in [1.165, 1.54) is 10.9 Å². The van der Waals surface area contributed by atoms with Gasteiger partial charge in [-0.15, -0.1) is 0 Å². The molecule has 0 aliphatic heterocycles. The van der Waals surface area contributed by atoms with Crippen molar-refractivity contribution >= 4 is 37.5 Å². The van der Waals surface area contributed by atoms with Crippen LogP contribution < -0.4 is 10.5 Å². The second-order valence-corrected chi connectivity index (χ2v) is 6.82. The standard InChI is InChI=1S/C12H15BrN4O2S/c1-2-7-17-8-11(12(14)15-17)20(18,19)16-10-5-3-9(13)4-6-10/h3-6,8,16H,2,7H2,1H3,(H2,14,15). The molecule has 0 radical (unpaired) electrons. The van der Waals surface area contributed by atoms with Crippen molar-refractivity contribution in [2.45, 2.75) is 24.8 Å². The largest absolute Gasteiger partial charge is 0.381 e. The zero-order valence-electron chi connectivity index (χ0n) is 10.9. The highest BCUT2D eigenvalue weighted by molar-refractivity contribution is 9.10. The Kier molecular flexibility index (Phi) is 4.34. The average Bonchev–Trinajstić information content (AvgIpc) is 2.74. The quantitative estimate of drug-likeness (QED) is 0.858. The minimum atomic E-state index is -3.73. The number of nitrogens with one attached hydrogen (secondary N) is 1. The van der Waals surface area contributed by atoms with Crippen molar-refractivity contribution in [3.8, 4) is 0 Å². The third-order valence-electron chi connectivity index (χ3n) is 2.59. The maximum Gasteiger partial charge on any atom is 0.267 e. The fourth-order valence-corrected chi connectivity index (χ4v) is 3.09. The van der Waals surface area contributed by atoms with E-state index < -0.39 is 10.0 Å². The van der Waals surface area contributed by atoms with E-state index in [9.17, 15) is 8.42 Å². The molecule has 0 spiro atoms. The minimum absolute atomic E-state index is 0.00283. The van der Waals surface area contributed by atoms with Crippen molar-refractivity contribution in [1.29, 1.82) is 0 Å². The van der Waals surface area contributed by atoms with Crippen LogP contribution in [0.2, 0.25) is 0 Å². The van der Waals surface area contributed by atoms with Crippen molar-refractivity contribution in [2.75, 3.05) is 10.5 Å². The Hall–Kier alpha value is -1.54. The van der Waals surface area contributed by atoms with Gasteiger partial charge in [-0.3, -0.25) is 9.40 Å². The molecule has 2 aromatic rings. The summed E-state index contributed by atoms with van der Waals surface area (Å²) in [6.07, 6.45) is 2.29. The van der Waals surface area contributed by atoms with Crippen LogP contribution in [0.4, 0.5) is 11.5 Å². The van der Waals surface area contributed by atoms with Crippen LogP contribution in [-0.2, 0) is 16.6 Å². The number of hydrogen-bond acceptors (Lipinski definition) is 4. The number of benzene rings is 1. The molecule has 0 bridgehead atoms. The molecule has 0 aliphatic rings. The van der Waals surface area contributed by atoms with Gasteiger partial charge in [0.15, 0.2) is 5.82 Å². The van der Waals surface area contributed by atoms with Crippen molar-refractivity contribution in [2.24, 2.45) is 0 Å². The van der Waals surface area contributed by atoms with Gasteiger partial charge in [0.05, 0.1) is 0 Å². The summed E-state index contributed by atoms with van der Waals surface area (Å²) in [4.78, 5) is -0.00568. The number of anilines is 2. The van der Waals surface area contributed by atoms with Gasteiger partial charge in [-0.05, 0) is 30.7 Å². The number of rotatable bonds is 5. The van der Waals surface area contributed by atoms with Crippen LogP contribution in [0.5, 0.6) is 0 Å². The highest BCUT2D eigenvalue weighted by atomic mass is 79.9. The molecule has 8 heteroatoms. The first-order valence-electron chi connectivity index (χ1n) is 6.03. The third kappa shape index (κ3) is 3.31. The van der Waals surface area contributed by atoms with Gasteiger partial charge in [-0.1, -0.05) is 22.9 Å². The smallest absolute Gasteiger partial charge is 0.267 e. The lowest BCUT2D eigenvalue weighted by atomic mass is 10.3. The van der Waals surface area contributed by atoms with Crippen molar-refractivity contribution < 1.29 is 8.42 Å². The Morgan fingerprint density at radius 2 is 2.00 bits per heavy atom. The second-order valence-electron chi connectivity index (χ2n) is 4.25. The highest BCUT2D eigenvalue weighted by Crippen LogP contribution is 2.21. The van der Waals surface area contributed by atoms with Gasteiger partial charge in [-0.25, -0.2) is 8.42 Å². The summed E-state index contributed by atoms with van der Waals surface area (Å²) in [5.74, 6) is 0.00283. The van der Waals surface area contributed by atoms with Gasteiger partial charge < -0.3 is 5.73 Å². The number of nitrogens with two attached hydrogens (primary N) is 1. The maximum absolute atomic E-state index is 12.3. The Balaban J connectivity index is 2.28. The van der Waals surface area contributed by atoms with Crippen LogP contribution in [0.3, 0.4) is 0 Å². The average molecular weight is 359 g/mol. The third-order valence-corrected chi connectivity index (χ3v) is 4.52. The van der Waals surface area contributed by atoms with Gasteiger partial charge in [0.1, 0.15) is 4.90 Å². The normalized spacial score (nSPS) is 11.5. The van der Waals surface area contributed by atoms with E-state index in [1.54, 1.807) is 24.3 Å². The first-order valence-corrected chi connectivity index (χ1v) is 8.31. The SMILES string of the molecule is CCCn1cc(S(=O)(=O)Nc2ccc(Br)cc2)c(N)n1. The summed E-state index contributed by atoms with van der Waals surface area (Å²) in [6.45, 7) is 2.60. The number of nitrogens with zero attached hydrogens (tertiary/aromatic N) is 2. The molecule has 1 heterocycles. The molecule has 0 amide bonds. The van der Waals surface area contributed by atoms with Gasteiger partial charge in [0.2, 0.25) is 0 Å². The summed E-state index contributed by atoms with van der Waals surface area (Å²) in [5.41, 5.74) is 6.15. The van der Waals surface area contributed by atoms with E-state index in [-0.39, 0.29) is 10.7 Å². The van der Waals surface area contributed by atoms with E-state index in [0.717, 1.165) is 10.9 Å². The molecular weight excluding hydrogens is 344 g/mol. The number of halogens is 1. The molecular formula is C12H15BrN4O2S. The minimum Gasteiger partial charge on any atom is -0.381 e. The molecule has 0 fully saturated rings. The van der Waals surface area contributed by atoms with E-state index in [1.807, 2.05) is 6.92 Å². The van der Waals surface area contributed by atoms with E-state index >= 15 is 0 Å². The van der Waals surface area contributed by atoms with Gasteiger partial charge in [0.25, 0.3) is 10.0 Å². The molecule has 0 atom stereocenters. The molecule has 108 valence electrons. The molecule has 20 heavy (non-hydrogen) atoms. The summed E-state index contributed by atoms with van der Waals surface area (Å²) < 4.78 is 29.4. The van der Waals surface area contributed by atoms with Crippen LogP contribution in [0.25, 0.3) is 0 Å².